The van der Waals surface area contributed by atoms with Crippen LogP contribution in [0.5, 0.6) is 11.5 Å². The third-order valence-corrected chi connectivity index (χ3v) is 15.4. The Morgan fingerprint density at radius 2 is 1.81 bits per heavy atom. The fourth-order valence-electron chi connectivity index (χ4n) is 10.6. The average molecular weight is 870 g/mol. The number of H-pyrrole nitrogens is 1. The predicted molar refractivity (Wildman–Crippen MR) is 235 cm³/mol. The summed E-state index contributed by atoms with van der Waals surface area (Å²) in [7, 11) is -4.62. The lowest BCUT2D eigenvalue weighted by atomic mass is 9.67. The molecule has 4 heterocycles. The molecule has 0 unspecified atom stereocenters. The number of nitrogens with one attached hydrogen (secondary N) is 3. The van der Waals surface area contributed by atoms with Gasteiger partial charge in [-0.3, -0.25) is 19.8 Å². The van der Waals surface area contributed by atoms with E-state index in [1.165, 1.54) is 56.9 Å². The minimum atomic E-state index is -4.62. The van der Waals surface area contributed by atoms with Gasteiger partial charge in [0.05, 0.1) is 21.6 Å². The number of pyridine rings is 1. The second kappa shape index (κ2) is 16.2. The lowest BCUT2D eigenvalue weighted by Gasteiger charge is -2.41. The van der Waals surface area contributed by atoms with Crippen molar-refractivity contribution in [1.29, 1.82) is 0 Å². The molecule has 6 aliphatic rings. The van der Waals surface area contributed by atoms with Gasteiger partial charge in [0, 0.05) is 94.7 Å². The fourth-order valence-corrected chi connectivity index (χ4v) is 11.6. The van der Waals surface area contributed by atoms with Crippen LogP contribution in [0, 0.1) is 32.8 Å². The number of carbonyl (C=O) groups is 1. The zero-order valence-corrected chi connectivity index (χ0v) is 36.5. The Kier molecular flexibility index (Phi) is 11.1. The summed E-state index contributed by atoms with van der Waals surface area (Å²) < 4.78 is 56.2. The first kappa shape index (κ1) is 42.3. The molecule has 1 atom stereocenters. The number of carbonyl (C=O) groups excluding carboxylic acids is 1. The number of benzene rings is 2. The number of halogens is 1. The number of nitro groups is 1. The minimum absolute atomic E-state index is 0.0430. The molecule has 10 rings (SSSR count). The number of nitrogens with zero attached hydrogens (tertiary/aromatic N) is 4. The van der Waals surface area contributed by atoms with Gasteiger partial charge in [0.1, 0.15) is 28.5 Å². The smallest absolute Gasteiger partial charge is 0.293 e. The molecule has 14 nitrogen and oxygen atoms in total. The molecule has 2 aliphatic heterocycles. The number of aromatic amines is 1. The van der Waals surface area contributed by atoms with E-state index < -0.39 is 37.1 Å². The van der Waals surface area contributed by atoms with Gasteiger partial charge in [0.2, 0.25) is 0 Å². The van der Waals surface area contributed by atoms with Crippen molar-refractivity contribution in [2.75, 3.05) is 62.7 Å². The van der Waals surface area contributed by atoms with Crippen LogP contribution in [0.3, 0.4) is 0 Å². The lowest BCUT2D eigenvalue weighted by molar-refractivity contribution is -0.384. The largest absolute Gasteiger partial charge is 0.455 e. The number of rotatable bonds is 13. The first-order valence-corrected chi connectivity index (χ1v) is 23.3. The molecule has 62 heavy (non-hydrogen) atoms. The molecule has 330 valence electrons. The van der Waals surface area contributed by atoms with Gasteiger partial charge in [-0.1, -0.05) is 31.9 Å². The van der Waals surface area contributed by atoms with E-state index in [0.29, 0.717) is 22.2 Å². The second-order valence-electron chi connectivity index (χ2n) is 19.4. The third kappa shape index (κ3) is 8.78. The number of hydrogen-bond donors (Lipinski definition) is 3. The number of anilines is 2. The number of hydrogen-bond acceptors (Lipinski definition) is 11. The molecule has 3 N–H and O–H groups in total. The van der Waals surface area contributed by atoms with Gasteiger partial charge in [0.25, 0.3) is 21.6 Å². The molecule has 0 radical (unpaired) electrons. The van der Waals surface area contributed by atoms with Crippen LogP contribution in [0.4, 0.5) is 21.5 Å². The Morgan fingerprint density at radius 3 is 2.53 bits per heavy atom. The number of alkyl halides is 1. The maximum atomic E-state index is 15.2. The van der Waals surface area contributed by atoms with E-state index in [1.807, 2.05) is 6.07 Å². The first-order valence-electron chi connectivity index (χ1n) is 21.8. The molecule has 1 amide bonds. The zero-order chi connectivity index (χ0) is 43.4. The average Bonchev–Trinajstić information content (AvgIpc) is 3.94. The Bertz CT molecular complexity index is 2520. The minimum Gasteiger partial charge on any atom is -0.455 e. The molecule has 4 aliphatic carbocycles. The van der Waals surface area contributed by atoms with E-state index in [0.717, 1.165) is 67.8 Å². The normalized spacial score (nSPS) is 24.7. The monoisotopic (exact) mass is 869 g/mol. The second-order valence-corrected chi connectivity index (χ2v) is 21.1. The van der Waals surface area contributed by atoms with Gasteiger partial charge in [-0.15, -0.1) is 0 Å². The van der Waals surface area contributed by atoms with Gasteiger partial charge in [-0.05, 0) is 97.6 Å². The number of sulfonamides is 1. The Morgan fingerprint density at radius 1 is 1.03 bits per heavy atom. The fraction of sp³-hybridized carbons (Fsp3) is 0.522. The van der Waals surface area contributed by atoms with Crippen LogP contribution in [0.15, 0.2) is 77.0 Å². The summed E-state index contributed by atoms with van der Waals surface area (Å²) >= 11 is 0. The van der Waals surface area contributed by atoms with E-state index in [-0.39, 0.29) is 49.6 Å². The number of fused-ring (bicyclic) bond motifs is 2. The van der Waals surface area contributed by atoms with Crippen LogP contribution in [0.2, 0.25) is 0 Å². The van der Waals surface area contributed by atoms with Crippen LogP contribution < -0.4 is 19.7 Å². The molecule has 4 aromatic rings. The quantitative estimate of drug-likeness (QED) is 0.0670. The van der Waals surface area contributed by atoms with Crippen LogP contribution >= 0.6 is 0 Å². The summed E-state index contributed by atoms with van der Waals surface area (Å²) in [6, 6.07) is 11.9. The van der Waals surface area contributed by atoms with Crippen molar-refractivity contribution >= 4 is 44.0 Å². The maximum Gasteiger partial charge on any atom is 0.293 e. The van der Waals surface area contributed by atoms with E-state index in [4.69, 9.17) is 9.47 Å². The topological polar surface area (TPSA) is 172 Å². The number of amides is 1. The Hall–Kier alpha value is -5.06. The molecule has 2 aromatic carbocycles. The zero-order valence-electron chi connectivity index (χ0n) is 35.7. The van der Waals surface area contributed by atoms with E-state index >= 15 is 4.39 Å². The van der Waals surface area contributed by atoms with Crippen molar-refractivity contribution < 1.29 is 32.0 Å². The summed E-state index contributed by atoms with van der Waals surface area (Å²) in [4.78, 5) is 37.0. The number of allylic oxidation sites excluding steroid dienone is 1. The predicted octanol–water partition coefficient (Wildman–Crippen LogP) is 8.38. The van der Waals surface area contributed by atoms with E-state index in [9.17, 15) is 23.3 Å². The summed E-state index contributed by atoms with van der Waals surface area (Å²) in [5.74, 6) is 1.08. The number of nitro benzene ring substituents is 1. The van der Waals surface area contributed by atoms with Crippen molar-refractivity contribution in [3.05, 3.63) is 87.7 Å². The number of piperazine rings is 1. The summed E-state index contributed by atoms with van der Waals surface area (Å²) in [6.45, 7) is 11.9. The van der Waals surface area contributed by atoms with E-state index in [2.05, 4.69) is 50.6 Å². The van der Waals surface area contributed by atoms with Crippen molar-refractivity contribution in [3.63, 3.8) is 0 Å². The first-order chi connectivity index (χ1) is 29.5. The highest BCUT2D eigenvalue weighted by atomic mass is 32.2. The highest BCUT2D eigenvalue weighted by Gasteiger charge is 2.54. The molecule has 2 aromatic heterocycles. The van der Waals surface area contributed by atoms with Crippen LogP contribution in [-0.2, 0) is 14.8 Å². The molecule has 3 saturated carbocycles. The van der Waals surface area contributed by atoms with Crippen LogP contribution in [0.1, 0.15) is 82.5 Å². The SMILES string of the molecule is CC1(C)CCC(CN2CCN(c3ccc(C(=O)NS(=O)(=O)c4ccc(NCC5(F)CCOCC5)c([N+](=O)[O-])c4)c(Oc4cnc5[nH]ccc5c4)c3)CC2)=C([C@@H]2CC3(C)CC2C3)C1. The number of aromatic nitrogens is 2. The van der Waals surface area contributed by atoms with Crippen molar-refractivity contribution in [2.24, 2.45) is 22.7 Å². The number of ether oxygens (including phenoxy) is 2. The highest BCUT2D eigenvalue weighted by Crippen LogP contribution is 2.65. The van der Waals surface area contributed by atoms with Gasteiger partial charge < -0.3 is 24.7 Å². The summed E-state index contributed by atoms with van der Waals surface area (Å²) in [5.41, 5.74) is 3.49. The van der Waals surface area contributed by atoms with Crippen LogP contribution in [-0.4, -0.2) is 92.3 Å². The molecule has 5 fully saturated rings. The molecule has 0 spiro atoms. The third-order valence-electron chi connectivity index (χ3n) is 14.1. The van der Waals surface area contributed by atoms with Gasteiger partial charge in [0.15, 0.2) is 0 Å². The van der Waals surface area contributed by atoms with E-state index in [1.54, 1.807) is 35.5 Å². The van der Waals surface area contributed by atoms with Gasteiger partial charge in [-0.25, -0.2) is 22.5 Å². The lowest BCUT2D eigenvalue weighted by Crippen LogP contribution is -2.47. The standard InChI is InChI=1S/C46H56FN7O7S/c1-44(2)10-8-31(37(25-44)38-26-45(3)23-32(38)24-45)28-52-14-16-53(17-15-52)33-4-6-36(41(21-33)61-34-20-30-9-13-48-42(30)49-27-34)43(55)51-62(58,59)35-5-7-39(40(22-35)54(56)57)50-29-46(47)11-18-60-19-12-46/h4-7,9,13,20-22,27,32,38,50H,8,10-12,14-19,23-26,28-29H2,1-3H3,(H,48,49)(H,51,55)/t32?,38-,45?/m1/s1. The molecule has 2 bridgehead atoms. The van der Waals surface area contributed by atoms with Gasteiger partial charge >= 0.3 is 0 Å². The van der Waals surface area contributed by atoms with Crippen molar-refractivity contribution in [1.82, 2.24) is 19.6 Å². The summed E-state index contributed by atoms with van der Waals surface area (Å²) in [5, 5.41) is 15.6. The maximum absolute atomic E-state index is 15.2. The highest BCUT2D eigenvalue weighted by molar-refractivity contribution is 7.90. The molecular formula is C46H56FN7O7S. The molecular weight excluding hydrogens is 814 g/mol. The van der Waals surface area contributed by atoms with Crippen molar-refractivity contribution in [3.8, 4) is 11.5 Å². The Balaban J connectivity index is 0.923. The Labute approximate surface area is 361 Å². The molecule has 2 saturated heterocycles. The van der Waals surface area contributed by atoms with Crippen molar-refractivity contribution in [2.45, 2.75) is 82.7 Å². The van der Waals surface area contributed by atoms with Gasteiger partial charge in [-0.2, -0.15) is 0 Å². The van der Waals surface area contributed by atoms with Crippen LogP contribution in [0.25, 0.3) is 11.0 Å². The summed E-state index contributed by atoms with van der Waals surface area (Å²) in [6.07, 6.45) is 11.2. The molecule has 16 heteroatoms.